The Balaban J connectivity index is 1.92. The van der Waals surface area contributed by atoms with Gasteiger partial charge in [0.05, 0.1) is 28.8 Å². The largest absolute Gasteiger partial charge is 0.508 e. The van der Waals surface area contributed by atoms with Crippen LogP contribution in [-0.2, 0) is 6.18 Å². The zero-order valence-corrected chi connectivity index (χ0v) is 14.8. The van der Waals surface area contributed by atoms with Gasteiger partial charge in [-0.1, -0.05) is 0 Å². The number of fused-ring (bicyclic) bond motifs is 1. The van der Waals surface area contributed by atoms with Crippen molar-refractivity contribution in [3.05, 3.63) is 71.7 Å². The van der Waals surface area contributed by atoms with E-state index in [-0.39, 0.29) is 22.6 Å². The van der Waals surface area contributed by atoms with Crippen LogP contribution in [0.1, 0.15) is 11.3 Å². The van der Waals surface area contributed by atoms with Crippen LogP contribution in [0.5, 0.6) is 5.75 Å². The number of imidazole rings is 1. The van der Waals surface area contributed by atoms with Crippen molar-refractivity contribution < 1.29 is 27.1 Å². The van der Waals surface area contributed by atoms with Crippen LogP contribution < -0.4 is 0 Å². The van der Waals surface area contributed by atoms with Crippen LogP contribution in [0.15, 0.2) is 48.8 Å². The first-order chi connectivity index (χ1) is 13.6. The standard InChI is InChI=1S/C20H12F5N3O/c1-10-19(13-4-3-12(29)7-16(13)22)28-9-17(26-8-18(28)27-10)11-2-5-15(21)14(6-11)20(23,24)25/h2-9,29H,1H3. The lowest BCUT2D eigenvalue weighted by molar-refractivity contribution is -0.139. The smallest absolute Gasteiger partial charge is 0.419 e. The predicted octanol–water partition coefficient (Wildman–Crippen LogP) is 5.37. The fourth-order valence-electron chi connectivity index (χ4n) is 3.14. The molecular formula is C20H12F5N3O. The molecule has 4 nitrogen and oxygen atoms in total. The molecule has 0 aliphatic heterocycles. The van der Waals surface area contributed by atoms with E-state index in [9.17, 15) is 27.1 Å². The molecule has 0 saturated heterocycles. The SMILES string of the molecule is Cc1nc2cnc(-c3ccc(F)c(C(F)(F)F)c3)cn2c1-c1ccc(O)cc1F. The minimum absolute atomic E-state index is 0.0455. The van der Waals surface area contributed by atoms with Crippen LogP contribution in [0.4, 0.5) is 22.0 Å². The van der Waals surface area contributed by atoms with E-state index < -0.39 is 23.4 Å². The van der Waals surface area contributed by atoms with Crippen molar-refractivity contribution in [1.29, 1.82) is 0 Å². The Labute approximate surface area is 160 Å². The normalized spacial score (nSPS) is 11.9. The minimum atomic E-state index is -4.85. The number of nitrogens with zero attached hydrogens (tertiary/aromatic N) is 3. The highest BCUT2D eigenvalue weighted by Gasteiger charge is 2.34. The zero-order valence-electron chi connectivity index (χ0n) is 14.8. The highest BCUT2D eigenvalue weighted by molar-refractivity contribution is 5.70. The summed E-state index contributed by atoms with van der Waals surface area (Å²) in [6.45, 7) is 1.65. The molecule has 0 unspecified atom stereocenters. The van der Waals surface area contributed by atoms with Gasteiger partial charge in [0, 0.05) is 23.4 Å². The molecule has 0 atom stereocenters. The second kappa shape index (κ2) is 6.54. The van der Waals surface area contributed by atoms with E-state index in [2.05, 4.69) is 9.97 Å². The maximum absolute atomic E-state index is 14.4. The number of rotatable bonds is 2. The second-order valence-corrected chi connectivity index (χ2v) is 6.40. The molecule has 2 aromatic carbocycles. The maximum Gasteiger partial charge on any atom is 0.419 e. The van der Waals surface area contributed by atoms with Crippen LogP contribution in [0, 0.1) is 18.6 Å². The molecule has 148 valence electrons. The van der Waals surface area contributed by atoms with E-state index in [1.165, 1.54) is 35.0 Å². The van der Waals surface area contributed by atoms with Gasteiger partial charge < -0.3 is 5.11 Å². The highest BCUT2D eigenvalue weighted by Crippen LogP contribution is 2.35. The average Bonchev–Trinajstić information content (AvgIpc) is 2.96. The Morgan fingerprint density at radius 2 is 1.76 bits per heavy atom. The quantitative estimate of drug-likeness (QED) is 0.456. The summed E-state index contributed by atoms with van der Waals surface area (Å²) in [7, 11) is 0. The molecular weight excluding hydrogens is 393 g/mol. The van der Waals surface area contributed by atoms with Crippen molar-refractivity contribution >= 4 is 5.65 Å². The fraction of sp³-hybridized carbons (Fsp3) is 0.100. The molecule has 0 fully saturated rings. The number of phenolic OH excluding ortho intramolecular Hbond substituents is 1. The van der Waals surface area contributed by atoms with Gasteiger partial charge in [-0.2, -0.15) is 13.2 Å². The Hall–Kier alpha value is -3.49. The van der Waals surface area contributed by atoms with E-state index in [4.69, 9.17) is 0 Å². The molecule has 0 saturated carbocycles. The van der Waals surface area contributed by atoms with Crippen molar-refractivity contribution in [3.63, 3.8) is 0 Å². The summed E-state index contributed by atoms with van der Waals surface area (Å²) in [5, 5.41) is 9.43. The number of alkyl halides is 3. The highest BCUT2D eigenvalue weighted by atomic mass is 19.4. The predicted molar refractivity (Wildman–Crippen MR) is 95.2 cm³/mol. The summed E-state index contributed by atoms with van der Waals surface area (Å²) >= 11 is 0. The molecule has 0 amide bonds. The third-order valence-electron chi connectivity index (χ3n) is 4.46. The van der Waals surface area contributed by atoms with E-state index in [1.54, 1.807) is 6.92 Å². The van der Waals surface area contributed by atoms with Gasteiger partial charge in [0.15, 0.2) is 5.65 Å². The fourth-order valence-corrected chi connectivity index (χ4v) is 3.14. The number of aromatic hydroxyl groups is 1. The van der Waals surface area contributed by atoms with E-state index in [0.717, 1.165) is 12.1 Å². The number of hydrogen-bond donors (Lipinski definition) is 1. The number of aryl methyl sites for hydroxylation is 1. The molecule has 0 aliphatic carbocycles. The summed E-state index contributed by atoms with van der Waals surface area (Å²) in [6.07, 6.45) is -2.11. The van der Waals surface area contributed by atoms with Crippen molar-refractivity contribution in [1.82, 2.24) is 14.4 Å². The van der Waals surface area contributed by atoms with Crippen molar-refractivity contribution in [2.75, 3.05) is 0 Å². The Morgan fingerprint density at radius 1 is 1.00 bits per heavy atom. The van der Waals surface area contributed by atoms with Crippen LogP contribution in [0.2, 0.25) is 0 Å². The number of benzene rings is 2. The molecule has 0 spiro atoms. The first-order valence-electron chi connectivity index (χ1n) is 8.36. The van der Waals surface area contributed by atoms with Gasteiger partial charge in [0.2, 0.25) is 0 Å². The maximum atomic E-state index is 14.4. The molecule has 1 N–H and O–H groups in total. The lowest BCUT2D eigenvalue weighted by atomic mass is 10.1. The molecule has 4 rings (SSSR count). The van der Waals surface area contributed by atoms with Gasteiger partial charge in [0.25, 0.3) is 0 Å². The van der Waals surface area contributed by atoms with Crippen molar-refractivity contribution in [2.24, 2.45) is 0 Å². The summed E-state index contributed by atoms with van der Waals surface area (Å²) in [4.78, 5) is 8.40. The molecule has 4 aromatic rings. The van der Waals surface area contributed by atoms with Gasteiger partial charge in [-0.15, -0.1) is 0 Å². The van der Waals surface area contributed by atoms with E-state index >= 15 is 0 Å². The van der Waals surface area contributed by atoms with Gasteiger partial charge >= 0.3 is 6.18 Å². The Kier molecular flexibility index (Phi) is 4.25. The third-order valence-corrected chi connectivity index (χ3v) is 4.46. The second-order valence-electron chi connectivity index (χ2n) is 6.40. The molecule has 2 aromatic heterocycles. The van der Waals surface area contributed by atoms with Gasteiger partial charge in [-0.3, -0.25) is 9.38 Å². The minimum Gasteiger partial charge on any atom is -0.508 e. The third kappa shape index (κ3) is 3.28. The topological polar surface area (TPSA) is 50.4 Å². The first-order valence-corrected chi connectivity index (χ1v) is 8.36. The molecule has 0 radical (unpaired) electrons. The first kappa shape index (κ1) is 18.9. The van der Waals surface area contributed by atoms with Crippen molar-refractivity contribution in [2.45, 2.75) is 13.1 Å². The number of halogens is 5. The number of aromatic nitrogens is 3. The molecule has 29 heavy (non-hydrogen) atoms. The van der Waals surface area contributed by atoms with Gasteiger partial charge in [0.1, 0.15) is 17.4 Å². The zero-order chi connectivity index (χ0) is 20.9. The van der Waals surface area contributed by atoms with Crippen molar-refractivity contribution in [3.8, 4) is 28.3 Å². The monoisotopic (exact) mass is 405 g/mol. The number of hydrogen-bond acceptors (Lipinski definition) is 3. The molecule has 0 aliphatic rings. The van der Waals surface area contributed by atoms with E-state index in [0.29, 0.717) is 23.1 Å². The summed E-state index contributed by atoms with van der Waals surface area (Å²) < 4.78 is 68.5. The average molecular weight is 405 g/mol. The van der Waals surface area contributed by atoms with Crippen LogP contribution in [-0.4, -0.2) is 19.5 Å². The van der Waals surface area contributed by atoms with E-state index in [1.807, 2.05) is 0 Å². The Morgan fingerprint density at radius 3 is 2.45 bits per heavy atom. The lowest BCUT2D eigenvalue weighted by Gasteiger charge is -2.11. The van der Waals surface area contributed by atoms with Crippen LogP contribution in [0.3, 0.4) is 0 Å². The molecule has 2 heterocycles. The van der Waals surface area contributed by atoms with Crippen LogP contribution >= 0.6 is 0 Å². The molecule has 0 bridgehead atoms. The molecule has 9 heteroatoms. The Bertz CT molecular complexity index is 1250. The number of phenols is 1. The lowest BCUT2D eigenvalue weighted by Crippen LogP contribution is -2.08. The summed E-state index contributed by atoms with van der Waals surface area (Å²) in [6, 6.07) is 6.23. The van der Waals surface area contributed by atoms with Gasteiger partial charge in [-0.05, 0) is 37.3 Å². The summed E-state index contributed by atoms with van der Waals surface area (Å²) in [5.74, 6) is -2.31. The summed E-state index contributed by atoms with van der Waals surface area (Å²) in [5.41, 5.74) is 0.100. The van der Waals surface area contributed by atoms with Gasteiger partial charge in [-0.25, -0.2) is 13.8 Å². The van der Waals surface area contributed by atoms with Crippen LogP contribution in [0.25, 0.3) is 28.2 Å².